The second-order valence-electron chi connectivity index (χ2n) is 3.66. The van der Waals surface area contributed by atoms with E-state index in [0.29, 0.717) is 22.6 Å². The molecule has 0 unspecified atom stereocenters. The van der Waals surface area contributed by atoms with E-state index in [4.69, 9.17) is 26.6 Å². The summed E-state index contributed by atoms with van der Waals surface area (Å²) in [7, 11) is 0. The highest BCUT2D eigenvalue weighted by Crippen LogP contribution is 2.24. The summed E-state index contributed by atoms with van der Waals surface area (Å²) in [4.78, 5) is 21.6. The van der Waals surface area contributed by atoms with E-state index < -0.39 is 18.5 Å². The van der Waals surface area contributed by atoms with Crippen molar-refractivity contribution in [2.24, 2.45) is 0 Å². The van der Waals surface area contributed by atoms with E-state index in [9.17, 15) is 9.59 Å². The molecule has 0 aliphatic heterocycles. The Labute approximate surface area is 115 Å². The van der Waals surface area contributed by atoms with Gasteiger partial charge in [-0.1, -0.05) is 30.7 Å². The van der Waals surface area contributed by atoms with Crippen LogP contribution in [0.15, 0.2) is 30.0 Å². The Morgan fingerprint density at radius 3 is 2.21 bits per heavy atom. The lowest BCUT2D eigenvalue weighted by atomic mass is 10.0. The zero-order valence-corrected chi connectivity index (χ0v) is 11.0. The molecule has 0 saturated heterocycles. The minimum Gasteiger partial charge on any atom is -0.479 e. The van der Waals surface area contributed by atoms with Crippen LogP contribution >= 0.6 is 11.6 Å². The maximum atomic E-state index is 11.2. The van der Waals surface area contributed by atoms with Gasteiger partial charge in [-0.25, -0.2) is 9.59 Å². The van der Waals surface area contributed by atoms with Crippen molar-refractivity contribution < 1.29 is 24.5 Å². The molecule has 0 amide bonds. The van der Waals surface area contributed by atoms with Crippen LogP contribution < -0.4 is 0 Å². The molecule has 0 fully saturated rings. The van der Waals surface area contributed by atoms with Crippen molar-refractivity contribution in [1.82, 2.24) is 0 Å². The molecule has 0 bridgehead atoms. The fraction of sp³-hybridized carbons (Fsp3) is 0.231. The lowest BCUT2D eigenvalue weighted by molar-refractivity contribution is -0.143. The molecule has 0 spiro atoms. The van der Waals surface area contributed by atoms with Gasteiger partial charge in [0.05, 0.1) is 0 Å². The number of allylic oxidation sites excluding steroid dienone is 1. The van der Waals surface area contributed by atoms with Gasteiger partial charge in [0.25, 0.3) is 0 Å². The highest BCUT2D eigenvalue weighted by molar-refractivity contribution is 6.30. The summed E-state index contributed by atoms with van der Waals surface area (Å²) in [5.74, 6) is -2.88. The van der Waals surface area contributed by atoms with E-state index in [-0.39, 0.29) is 5.76 Å². The Morgan fingerprint density at radius 1 is 1.21 bits per heavy atom. The van der Waals surface area contributed by atoms with Gasteiger partial charge >= 0.3 is 11.9 Å². The number of aliphatic carboxylic acids is 2. The Balaban J connectivity index is 3.17. The molecule has 0 heterocycles. The third-order valence-corrected chi connectivity index (χ3v) is 2.61. The molecule has 1 rings (SSSR count). The van der Waals surface area contributed by atoms with E-state index in [0.717, 1.165) is 0 Å². The van der Waals surface area contributed by atoms with Crippen LogP contribution in [-0.4, -0.2) is 28.8 Å². The Kier molecular flexibility index (Phi) is 5.38. The number of benzene rings is 1. The first-order valence-corrected chi connectivity index (χ1v) is 5.90. The van der Waals surface area contributed by atoms with Crippen molar-refractivity contribution in [3.05, 3.63) is 40.6 Å². The monoisotopic (exact) mass is 284 g/mol. The molecule has 0 aromatic heterocycles. The third kappa shape index (κ3) is 4.30. The highest BCUT2D eigenvalue weighted by atomic mass is 35.5. The largest absolute Gasteiger partial charge is 0.479 e. The van der Waals surface area contributed by atoms with E-state index in [1.54, 1.807) is 31.2 Å². The van der Waals surface area contributed by atoms with Crippen molar-refractivity contribution in [3.63, 3.8) is 0 Å². The van der Waals surface area contributed by atoms with Crippen LogP contribution in [0.4, 0.5) is 0 Å². The van der Waals surface area contributed by atoms with Crippen LogP contribution in [0, 0.1) is 0 Å². The van der Waals surface area contributed by atoms with Crippen molar-refractivity contribution in [3.8, 4) is 0 Å². The van der Waals surface area contributed by atoms with Crippen LogP contribution in [0.5, 0.6) is 0 Å². The molecule has 5 nitrogen and oxygen atoms in total. The zero-order chi connectivity index (χ0) is 14.4. The van der Waals surface area contributed by atoms with Crippen molar-refractivity contribution in [2.75, 3.05) is 6.61 Å². The summed E-state index contributed by atoms with van der Waals surface area (Å²) in [5, 5.41) is 18.2. The summed E-state index contributed by atoms with van der Waals surface area (Å²) >= 11 is 5.76. The number of carboxylic acids is 2. The van der Waals surface area contributed by atoms with Crippen LogP contribution in [0.25, 0.3) is 5.57 Å². The second kappa shape index (κ2) is 6.80. The molecule has 0 aliphatic rings. The molecule has 0 aliphatic carbocycles. The Bertz CT molecular complexity index is 504. The van der Waals surface area contributed by atoms with E-state index >= 15 is 0 Å². The van der Waals surface area contributed by atoms with Gasteiger partial charge < -0.3 is 14.9 Å². The lowest BCUT2D eigenvalue weighted by Crippen LogP contribution is -2.14. The minimum atomic E-state index is -1.30. The summed E-state index contributed by atoms with van der Waals surface area (Å²) in [6, 6.07) is 6.58. The van der Waals surface area contributed by atoms with Crippen molar-refractivity contribution in [2.45, 2.75) is 13.3 Å². The topological polar surface area (TPSA) is 83.8 Å². The smallest absolute Gasteiger partial charge is 0.371 e. The number of rotatable bonds is 6. The predicted molar refractivity (Wildman–Crippen MR) is 69.9 cm³/mol. The van der Waals surface area contributed by atoms with E-state index in [1.165, 1.54) is 0 Å². The van der Waals surface area contributed by atoms with Gasteiger partial charge in [-0.15, -0.1) is 0 Å². The van der Waals surface area contributed by atoms with Gasteiger partial charge in [0.15, 0.2) is 6.61 Å². The molecule has 6 heteroatoms. The first-order chi connectivity index (χ1) is 8.95. The van der Waals surface area contributed by atoms with Gasteiger partial charge in [0.2, 0.25) is 5.76 Å². The van der Waals surface area contributed by atoms with E-state index in [2.05, 4.69) is 0 Å². The SMILES string of the molecule is CC/C(=C(\OCC(=O)O)C(=O)O)c1ccc(Cl)cc1. The fourth-order valence-corrected chi connectivity index (χ4v) is 1.68. The number of carboxylic acid groups (broad SMARTS) is 2. The molecule has 1 aromatic rings. The quantitative estimate of drug-likeness (QED) is 0.620. The van der Waals surface area contributed by atoms with Crippen LogP contribution in [0.1, 0.15) is 18.9 Å². The highest BCUT2D eigenvalue weighted by Gasteiger charge is 2.17. The van der Waals surface area contributed by atoms with Gasteiger partial charge in [0.1, 0.15) is 0 Å². The summed E-state index contributed by atoms with van der Waals surface area (Å²) in [6.07, 6.45) is 0.392. The first-order valence-electron chi connectivity index (χ1n) is 5.52. The van der Waals surface area contributed by atoms with E-state index in [1.807, 2.05) is 0 Å². The maximum absolute atomic E-state index is 11.2. The summed E-state index contributed by atoms with van der Waals surface area (Å²) in [5.41, 5.74) is 1.06. The normalized spacial score (nSPS) is 11.7. The minimum absolute atomic E-state index is 0.354. The maximum Gasteiger partial charge on any atom is 0.371 e. The summed E-state index contributed by atoms with van der Waals surface area (Å²) < 4.78 is 4.85. The molecule has 2 N–H and O–H groups in total. The third-order valence-electron chi connectivity index (χ3n) is 2.35. The van der Waals surface area contributed by atoms with Crippen molar-refractivity contribution in [1.29, 1.82) is 0 Å². The van der Waals surface area contributed by atoms with Crippen LogP contribution in [0.2, 0.25) is 5.02 Å². The first kappa shape index (κ1) is 15.0. The number of hydrogen-bond donors (Lipinski definition) is 2. The molecular formula is C13H13ClO5. The number of halogens is 1. The molecule has 0 saturated carbocycles. The molecule has 1 aromatic carbocycles. The zero-order valence-electron chi connectivity index (χ0n) is 10.2. The number of carbonyl (C=O) groups is 2. The fourth-order valence-electron chi connectivity index (χ4n) is 1.56. The van der Waals surface area contributed by atoms with Crippen LogP contribution in [0.3, 0.4) is 0 Å². The van der Waals surface area contributed by atoms with Crippen molar-refractivity contribution >= 4 is 29.1 Å². The number of ether oxygens (including phenoxy) is 1. The molecule has 102 valence electrons. The predicted octanol–water partition coefficient (Wildman–Crippen LogP) is 2.65. The Hall–Kier alpha value is -2.01. The average Bonchev–Trinajstić information content (AvgIpc) is 2.35. The molecule has 19 heavy (non-hydrogen) atoms. The number of hydrogen-bond acceptors (Lipinski definition) is 3. The summed E-state index contributed by atoms with van der Waals surface area (Å²) in [6.45, 7) is 1.07. The lowest BCUT2D eigenvalue weighted by Gasteiger charge is -2.11. The van der Waals surface area contributed by atoms with Gasteiger partial charge in [0, 0.05) is 10.6 Å². The molecular weight excluding hydrogens is 272 g/mol. The molecule has 0 radical (unpaired) electrons. The van der Waals surface area contributed by atoms with Gasteiger partial charge in [-0.3, -0.25) is 0 Å². The Morgan fingerprint density at radius 2 is 1.79 bits per heavy atom. The van der Waals surface area contributed by atoms with Gasteiger partial charge in [-0.05, 0) is 24.1 Å². The average molecular weight is 285 g/mol. The second-order valence-corrected chi connectivity index (χ2v) is 4.09. The van der Waals surface area contributed by atoms with Gasteiger partial charge in [-0.2, -0.15) is 0 Å². The molecule has 0 atom stereocenters. The van der Waals surface area contributed by atoms with Crippen LogP contribution in [-0.2, 0) is 14.3 Å². The standard InChI is InChI=1S/C13H13ClO5/c1-2-10(8-3-5-9(14)6-4-8)12(13(17)18)19-7-11(15)16/h3-6H,2,7H2,1H3,(H,15,16)(H,17,18)/b12-10+.